The zero-order valence-corrected chi connectivity index (χ0v) is 17.4. The molecular weight excluding hydrogens is 396 g/mol. The molecule has 0 spiro atoms. The molecule has 3 aromatic rings. The molecule has 31 heavy (non-hydrogen) atoms. The Morgan fingerprint density at radius 2 is 1.77 bits per heavy atom. The Bertz CT molecular complexity index is 1170. The monoisotopic (exact) mass is 418 g/mol. The summed E-state index contributed by atoms with van der Waals surface area (Å²) in [4.78, 5) is 39.9. The molecular formula is C23H22N4O4. The fraction of sp³-hybridized carbons (Fsp3) is 0.217. The third-order valence-corrected chi connectivity index (χ3v) is 5.45. The number of carbonyl (C=O) groups excluding carboxylic acids is 3. The summed E-state index contributed by atoms with van der Waals surface area (Å²) in [6.07, 6.45) is 0. The molecule has 2 N–H and O–H groups in total. The van der Waals surface area contributed by atoms with Gasteiger partial charge in [0, 0.05) is 6.07 Å². The van der Waals surface area contributed by atoms with E-state index in [4.69, 9.17) is 4.52 Å². The van der Waals surface area contributed by atoms with Crippen LogP contribution in [-0.4, -0.2) is 34.4 Å². The van der Waals surface area contributed by atoms with E-state index < -0.39 is 29.9 Å². The summed E-state index contributed by atoms with van der Waals surface area (Å²) in [6.45, 7) is 5.17. The van der Waals surface area contributed by atoms with E-state index in [1.54, 1.807) is 37.3 Å². The van der Waals surface area contributed by atoms with Crippen LogP contribution in [0.2, 0.25) is 0 Å². The van der Waals surface area contributed by atoms with Gasteiger partial charge in [-0.1, -0.05) is 53.7 Å². The molecule has 1 aromatic heterocycles. The lowest BCUT2D eigenvalue weighted by molar-refractivity contribution is -0.133. The number of rotatable bonds is 5. The Kier molecular flexibility index (Phi) is 5.06. The number of amides is 4. The average molecular weight is 418 g/mol. The topological polar surface area (TPSA) is 105 Å². The van der Waals surface area contributed by atoms with E-state index in [-0.39, 0.29) is 5.82 Å². The second-order valence-corrected chi connectivity index (χ2v) is 7.61. The van der Waals surface area contributed by atoms with Crippen molar-refractivity contribution in [3.63, 3.8) is 0 Å². The van der Waals surface area contributed by atoms with E-state index in [0.29, 0.717) is 16.9 Å². The molecule has 1 saturated heterocycles. The summed E-state index contributed by atoms with van der Waals surface area (Å²) in [7, 11) is 0. The second kappa shape index (κ2) is 7.71. The van der Waals surface area contributed by atoms with Crippen molar-refractivity contribution in [3.8, 4) is 0 Å². The maximum atomic E-state index is 13.7. The summed E-state index contributed by atoms with van der Waals surface area (Å²) in [5.41, 5.74) is 1.90. The molecule has 0 saturated carbocycles. The highest BCUT2D eigenvalue weighted by molar-refractivity contribution is 6.12. The second-order valence-electron chi connectivity index (χ2n) is 7.61. The number of hydrogen-bond donors (Lipinski definition) is 2. The van der Waals surface area contributed by atoms with Gasteiger partial charge in [0.2, 0.25) is 5.91 Å². The van der Waals surface area contributed by atoms with Crippen molar-refractivity contribution in [1.82, 2.24) is 15.4 Å². The van der Waals surface area contributed by atoms with Gasteiger partial charge in [0.05, 0.1) is 0 Å². The molecule has 0 bridgehead atoms. The first-order valence-electron chi connectivity index (χ1n) is 9.82. The lowest BCUT2D eigenvalue weighted by atomic mass is 9.81. The van der Waals surface area contributed by atoms with Gasteiger partial charge in [-0.25, -0.2) is 4.79 Å². The average Bonchev–Trinajstić information content (AvgIpc) is 3.26. The number of aromatic nitrogens is 1. The molecule has 2 aromatic carbocycles. The van der Waals surface area contributed by atoms with Gasteiger partial charge in [-0.05, 0) is 43.0 Å². The molecule has 8 nitrogen and oxygen atoms in total. The van der Waals surface area contributed by atoms with Crippen LogP contribution in [-0.2, 0) is 15.1 Å². The smallest absolute Gasteiger partial charge is 0.326 e. The molecule has 0 unspecified atom stereocenters. The molecule has 0 radical (unpaired) electrons. The van der Waals surface area contributed by atoms with Crippen molar-refractivity contribution in [1.29, 1.82) is 0 Å². The lowest BCUT2D eigenvalue weighted by Gasteiger charge is -2.28. The molecule has 8 heteroatoms. The predicted molar refractivity (Wildman–Crippen MR) is 113 cm³/mol. The van der Waals surface area contributed by atoms with Crippen LogP contribution in [0.15, 0.2) is 59.1 Å². The Hall–Kier alpha value is -3.94. The third-order valence-electron chi connectivity index (χ3n) is 5.45. The minimum Gasteiger partial charge on any atom is -0.360 e. The van der Waals surface area contributed by atoms with Gasteiger partial charge in [-0.2, -0.15) is 0 Å². The van der Waals surface area contributed by atoms with Gasteiger partial charge in [-0.3, -0.25) is 14.5 Å². The number of hydrogen-bond acceptors (Lipinski definition) is 5. The van der Waals surface area contributed by atoms with Crippen LogP contribution >= 0.6 is 0 Å². The highest BCUT2D eigenvalue weighted by atomic mass is 16.5. The molecule has 1 atom stereocenters. The first kappa shape index (κ1) is 20.3. The number of benzene rings is 2. The van der Waals surface area contributed by atoms with Crippen LogP contribution in [0.5, 0.6) is 0 Å². The number of imide groups is 1. The van der Waals surface area contributed by atoms with Crippen molar-refractivity contribution in [2.45, 2.75) is 26.3 Å². The molecule has 4 amide bonds. The molecule has 2 heterocycles. The summed E-state index contributed by atoms with van der Waals surface area (Å²) >= 11 is 0. The Balaban J connectivity index is 1.70. The quantitative estimate of drug-likeness (QED) is 0.620. The fourth-order valence-electron chi connectivity index (χ4n) is 3.69. The summed E-state index contributed by atoms with van der Waals surface area (Å²) in [5.74, 6) is -0.319. The summed E-state index contributed by atoms with van der Waals surface area (Å²) in [5, 5.41) is 9.08. The molecule has 1 aliphatic heterocycles. The zero-order chi connectivity index (χ0) is 22.2. The van der Waals surface area contributed by atoms with E-state index in [9.17, 15) is 14.4 Å². The fourth-order valence-corrected chi connectivity index (χ4v) is 3.69. The Labute approximate surface area is 179 Å². The van der Waals surface area contributed by atoms with Crippen molar-refractivity contribution < 1.29 is 18.9 Å². The minimum absolute atomic E-state index is 0.220. The van der Waals surface area contributed by atoms with Crippen LogP contribution in [0, 0.1) is 20.8 Å². The standard InChI is InChI=1S/C23H22N4O4/c1-14-9-10-18(11-15(14)2)23(17-7-5-4-6-8-17)21(29)27(22(30)25-23)13-20(28)24-19-12-16(3)31-26-19/h4-12H,13H2,1-3H3,(H,25,30)(H,24,26,28)/t23-/m0/s1. The number of urea groups is 1. The lowest BCUT2D eigenvalue weighted by Crippen LogP contribution is -2.45. The van der Waals surface area contributed by atoms with Crippen LogP contribution in [0.1, 0.15) is 28.0 Å². The van der Waals surface area contributed by atoms with Gasteiger partial charge in [0.25, 0.3) is 5.91 Å². The highest BCUT2D eigenvalue weighted by Gasteiger charge is 2.54. The molecule has 1 aliphatic rings. The van der Waals surface area contributed by atoms with E-state index in [1.807, 2.05) is 38.1 Å². The predicted octanol–water partition coefficient (Wildman–Crippen LogP) is 3.03. The summed E-state index contributed by atoms with van der Waals surface area (Å²) in [6, 6.07) is 15.6. The number of nitrogens with zero attached hydrogens (tertiary/aromatic N) is 2. The van der Waals surface area contributed by atoms with Crippen molar-refractivity contribution in [2.24, 2.45) is 0 Å². The summed E-state index contributed by atoms with van der Waals surface area (Å²) < 4.78 is 4.92. The molecule has 4 rings (SSSR count). The van der Waals surface area contributed by atoms with Gasteiger partial charge in [-0.15, -0.1) is 0 Å². The van der Waals surface area contributed by atoms with Crippen LogP contribution < -0.4 is 10.6 Å². The van der Waals surface area contributed by atoms with E-state index in [0.717, 1.165) is 16.0 Å². The molecule has 158 valence electrons. The molecule has 1 fully saturated rings. The van der Waals surface area contributed by atoms with E-state index >= 15 is 0 Å². The first-order valence-corrected chi connectivity index (χ1v) is 9.82. The van der Waals surface area contributed by atoms with E-state index in [1.165, 1.54) is 0 Å². The van der Waals surface area contributed by atoms with Crippen molar-refractivity contribution in [3.05, 3.63) is 82.6 Å². The number of nitrogens with one attached hydrogen (secondary N) is 2. The van der Waals surface area contributed by atoms with Gasteiger partial charge >= 0.3 is 6.03 Å². The van der Waals surface area contributed by atoms with Gasteiger partial charge < -0.3 is 15.2 Å². The van der Waals surface area contributed by atoms with Gasteiger partial charge in [0.1, 0.15) is 12.3 Å². The Morgan fingerprint density at radius 3 is 2.42 bits per heavy atom. The van der Waals surface area contributed by atoms with Crippen LogP contribution in [0.4, 0.5) is 10.6 Å². The van der Waals surface area contributed by atoms with Crippen molar-refractivity contribution >= 4 is 23.7 Å². The van der Waals surface area contributed by atoms with Crippen LogP contribution in [0.3, 0.4) is 0 Å². The van der Waals surface area contributed by atoms with Crippen molar-refractivity contribution in [2.75, 3.05) is 11.9 Å². The normalized spacial score (nSPS) is 18.2. The van der Waals surface area contributed by atoms with Crippen LogP contribution in [0.25, 0.3) is 0 Å². The van der Waals surface area contributed by atoms with Gasteiger partial charge in [0.15, 0.2) is 11.4 Å². The maximum absolute atomic E-state index is 13.7. The third kappa shape index (κ3) is 3.56. The first-order chi connectivity index (χ1) is 14.8. The van der Waals surface area contributed by atoms with E-state index in [2.05, 4.69) is 15.8 Å². The zero-order valence-electron chi connectivity index (χ0n) is 17.4. The number of aryl methyl sites for hydroxylation is 3. The number of anilines is 1. The SMILES string of the molecule is Cc1cc(NC(=O)CN2C(=O)N[C@@](c3ccccc3)(c3ccc(C)c(C)c3)C2=O)no1. The number of carbonyl (C=O) groups is 3. The highest BCUT2D eigenvalue weighted by Crippen LogP contribution is 2.36. The molecule has 0 aliphatic carbocycles. The largest absolute Gasteiger partial charge is 0.360 e. The maximum Gasteiger partial charge on any atom is 0.326 e. The minimum atomic E-state index is -1.42. The Morgan fingerprint density at radius 1 is 1.03 bits per heavy atom.